The van der Waals surface area contributed by atoms with Gasteiger partial charge in [0.1, 0.15) is 5.75 Å². The van der Waals surface area contributed by atoms with E-state index in [1.54, 1.807) is 24.3 Å². The van der Waals surface area contributed by atoms with E-state index in [-0.39, 0.29) is 24.1 Å². The highest BCUT2D eigenvalue weighted by molar-refractivity contribution is 6.06. The third kappa shape index (κ3) is 3.76. The Hall–Kier alpha value is -3.54. The second-order valence-electron chi connectivity index (χ2n) is 6.49. The third-order valence-corrected chi connectivity index (χ3v) is 4.60. The molecule has 2 heterocycles. The number of benzene rings is 2. The maximum Gasteiger partial charge on any atom is 0.294 e. The molecule has 0 radical (unpaired) electrons. The average molecular weight is 376 g/mol. The summed E-state index contributed by atoms with van der Waals surface area (Å²) in [6.45, 7) is 0.615. The summed E-state index contributed by atoms with van der Waals surface area (Å²) >= 11 is 0. The van der Waals surface area contributed by atoms with Gasteiger partial charge in [-0.15, -0.1) is 0 Å². The van der Waals surface area contributed by atoms with E-state index in [1.165, 1.54) is 11.2 Å². The molecule has 142 valence electrons. The molecule has 0 spiro atoms. The number of hydrogen-bond acceptors (Lipinski definition) is 4. The molecule has 6 heteroatoms. The minimum atomic E-state index is -0.787. The first-order valence-corrected chi connectivity index (χ1v) is 9.15. The molecule has 1 N–H and O–H groups in total. The van der Waals surface area contributed by atoms with Gasteiger partial charge < -0.3 is 14.5 Å². The van der Waals surface area contributed by atoms with Gasteiger partial charge in [0.15, 0.2) is 11.9 Å². The lowest BCUT2D eigenvalue weighted by atomic mass is 10.1. The van der Waals surface area contributed by atoms with E-state index in [4.69, 9.17) is 9.15 Å². The second kappa shape index (κ2) is 8.00. The molecule has 0 fully saturated rings. The molecule has 0 saturated heterocycles. The van der Waals surface area contributed by atoms with Gasteiger partial charge in [-0.3, -0.25) is 14.5 Å². The van der Waals surface area contributed by atoms with Crippen LogP contribution < -0.4 is 15.0 Å². The van der Waals surface area contributed by atoms with Gasteiger partial charge in [-0.2, -0.15) is 0 Å². The minimum absolute atomic E-state index is 0.119. The zero-order chi connectivity index (χ0) is 19.3. The quantitative estimate of drug-likeness (QED) is 0.743. The van der Waals surface area contributed by atoms with E-state index in [9.17, 15) is 9.59 Å². The van der Waals surface area contributed by atoms with Crippen molar-refractivity contribution in [3.63, 3.8) is 0 Å². The van der Waals surface area contributed by atoms with E-state index in [0.29, 0.717) is 18.0 Å². The number of carbonyl (C=O) groups excluding carboxylic acids is 2. The first-order chi connectivity index (χ1) is 13.7. The lowest BCUT2D eigenvalue weighted by Crippen LogP contribution is -2.51. The van der Waals surface area contributed by atoms with Gasteiger partial charge >= 0.3 is 0 Å². The van der Waals surface area contributed by atoms with Crippen molar-refractivity contribution in [1.29, 1.82) is 0 Å². The Kier molecular flexibility index (Phi) is 5.10. The molecule has 28 heavy (non-hydrogen) atoms. The van der Waals surface area contributed by atoms with E-state index < -0.39 is 6.10 Å². The van der Waals surface area contributed by atoms with Gasteiger partial charge in [0.25, 0.3) is 11.8 Å². The van der Waals surface area contributed by atoms with Crippen LogP contribution in [0.2, 0.25) is 0 Å². The highest BCUT2D eigenvalue weighted by atomic mass is 16.5. The van der Waals surface area contributed by atoms with Crippen LogP contribution in [-0.4, -0.2) is 31.0 Å². The van der Waals surface area contributed by atoms with Crippen LogP contribution in [0.4, 0.5) is 5.69 Å². The molecule has 4 rings (SSSR count). The van der Waals surface area contributed by atoms with Gasteiger partial charge in [0, 0.05) is 6.54 Å². The van der Waals surface area contributed by atoms with Crippen molar-refractivity contribution in [2.75, 3.05) is 18.0 Å². The smallest absolute Gasteiger partial charge is 0.294 e. The summed E-state index contributed by atoms with van der Waals surface area (Å²) < 4.78 is 11.1. The number of nitrogens with one attached hydrogen (secondary N) is 1. The fraction of sp³-hybridized carbons (Fsp3) is 0.182. The number of fused-ring (bicyclic) bond motifs is 1. The van der Waals surface area contributed by atoms with E-state index >= 15 is 0 Å². The normalized spacial score (nSPS) is 15.4. The molecule has 1 aliphatic rings. The van der Waals surface area contributed by atoms with Gasteiger partial charge in [-0.1, -0.05) is 42.5 Å². The molecule has 2 amide bonds. The summed E-state index contributed by atoms with van der Waals surface area (Å²) in [5.74, 6) is 0.169. The van der Waals surface area contributed by atoms with Crippen LogP contribution >= 0.6 is 0 Å². The maximum absolute atomic E-state index is 12.8. The fourth-order valence-corrected chi connectivity index (χ4v) is 3.19. The van der Waals surface area contributed by atoms with Gasteiger partial charge in [0.2, 0.25) is 0 Å². The number of anilines is 1. The number of furan rings is 1. The Morgan fingerprint density at radius 3 is 2.57 bits per heavy atom. The highest BCUT2D eigenvalue weighted by Crippen LogP contribution is 2.34. The molecule has 3 aromatic rings. The molecule has 1 aliphatic heterocycles. The van der Waals surface area contributed by atoms with Crippen molar-refractivity contribution in [3.8, 4) is 5.75 Å². The molecule has 6 nitrogen and oxygen atoms in total. The number of nitrogens with zero attached hydrogens (tertiary/aromatic N) is 1. The van der Waals surface area contributed by atoms with Crippen LogP contribution in [0.3, 0.4) is 0 Å². The summed E-state index contributed by atoms with van der Waals surface area (Å²) in [5, 5.41) is 2.90. The summed E-state index contributed by atoms with van der Waals surface area (Å²) in [6, 6.07) is 20.4. The van der Waals surface area contributed by atoms with Gasteiger partial charge in [-0.25, -0.2) is 0 Å². The molecule has 0 aliphatic carbocycles. The average Bonchev–Trinajstić information content (AvgIpc) is 3.28. The lowest BCUT2D eigenvalue weighted by Gasteiger charge is -2.33. The predicted octanol–water partition coefficient (Wildman–Crippen LogP) is 3.05. The third-order valence-electron chi connectivity index (χ3n) is 4.60. The number of para-hydroxylation sites is 2. The first kappa shape index (κ1) is 17.9. The van der Waals surface area contributed by atoms with E-state index in [0.717, 1.165) is 12.0 Å². The Morgan fingerprint density at radius 2 is 1.79 bits per heavy atom. The fourth-order valence-electron chi connectivity index (χ4n) is 3.19. The number of hydrogen-bond donors (Lipinski definition) is 1. The Bertz CT molecular complexity index is 954. The van der Waals surface area contributed by atoms with Gasteiger partial charge in [-0.05, 0) is 36.2 Å². The van der Waals surface area contributed by atoms with Crippen molar-refractivity contribution >= 4 is 17.5 Å². The summed E-state index contributed by atoms with van der Waals surface area (Å²) in [7, 11) is 0. The largest absolute Gasteiger partial charge is 0.477 e. The first-order valence-electron chi connectivity index (χ1n) is 9.15. The van der Waals surface area contributed by atoms with Crippen molar-refractivity contribution in [3.05, 3.63) is 84.3 Å². The summed E-state index contributed by atoms with van der Waals surface area (Å²) in [5.41, 5.74) is 1.77. The van der Waals surface area contributed by atoms with Crippen molar-refractivity contribution in [2.45, 2.75) is 12.5 Å². The van der Waals surface area contributed by atoms with E-state index in [2.05, 4.69) is 5.32 Å². The molecule has 1 atom stereocenters. The molecule has 1 aromatic heterocycles. The Balaban J connectivity index is 1.46. The van der Waals surface area contributed by atoms with E-state index in [1.807, 2.05) is 42.5 Å². The molecule has 0 bridgehead atoms. The molecule has 0 saturated carbocycles. The minimum Gasteiger partial charge on any atom is -0.477 e. The monoisotopic (exact) mass is 376 g/mol. The number of amides is 2. The standard InChI is InChI=1S/C22H20N2O4/c25-21(23-13-12-16-7-2-1-3-8-16)20-15-24(22(26)19-11-6-14-27-19)17-9-4-5-10-18(17)28-20/h1-11,14,20H,12-13,15H2,(H,23,25). The van der Waals surface area contributed by atoms with Crippen LogP contribution in [-0.2, 0) is 11.2 Å². The SMILES string of the molecule is O=C(NCCc1ccccc1)C1CN(C(=O)c2ccco2)c2ccccc2O1. The van der Waals surface area contributed by atoms with Crippen LogP contribution in [0, 0.1) is 0 Å². The number of ether oxygens (including phenoxy) is 1. The lowest BCUT2D eigenvalue weighted by molar-refractivity contribution is -0.127. The predicted molar refractivity (Wildman–Crippen MR) is 104 cm³/mol. The van der Waals surface area contributed by atoms with Crippen molar-refractivity contribution in [1.82, 2.24) is 5.32 Å². The van der Waals surface area contributed by atoms with Crippen LogP contribution in [0.5, 0.6) is 5.75 Å². The van der Waals surface area contributed by atoms with Gasteiger partial charge in [0.05, 0.1) is 18.5 Å². The molecule has 2 aromatic carbocycles. The highest BCUT2D eigenvalue weighted by Gasteiger charge is 2.34. The van der Waals surface area contributed by atoms with Crippen molar-refractivity contribution in [2.24, 2.45) is 0 Å². The molecule has 1 unspecified atom stereocenters. The Labute approximate surface area is 162 Å². The number of rotatable bonds is 5. The van der Waals surface area contributed by atoms with Crippen LogP contribution in [0.15, 0.2) is 77.4 Å². The summed E-state index contributed by atoms with van der Waals surface area (Å²) in [6.07, 6.45) is 1.39. The Morgan fingerprint density at radius 1 is 1.00 bits per heavy atom. The van der Waals surface area contributed by atoms with Crippen molar-refractivity contribution < 1.29 is 18.7 Å². The van der Waals surface area contributed by atoms with Crippen LogP contribution in [0.25, 0.3) is 0 Å². The zero-order valence-electron chi connectivity index (χ0n) is 15.2. The maximum atomic E-state index is 12.8. The second-order valence-corrected chi connectivity index (χ2v) is 6.49. The van der Waals surface area contributed by atoms with Crippen LogP contribution in [0.1, 0.15) is 16.1 Å². The topological polar surface area (TPSA) is 71.8 Å². The summed E-state index contributed by atoms with van der Waals surface area (Å²) in [4.78, 5) is 27.0. The zero-order valence-corrected chi connectivity index (χ0v) is 15.2. The number of carbonyl (C=O) groups is 2. The molecular weight excluding hydrogens is 356 g/mol. The molecular formula is C22H20N2O4.